The van der Waals surface area contributed by atoms with Crippen LogP contribution in [0.4, 0.5) is 24.7 Å². The van der Waals surface area contributed by atoms with E-state index in [-0.39, 0.29) is 11.3 Å². The Morgan fingerprint density at radius 1 is 0.800 bits per heavy atom. The van der Waals surface area contributed by atoms with Gasteiger partial charge in [0.1, 0.15) is 0 Å². The van der Waals surface area contributed by atoms with Crippen LogP contribution in [0.25, 0.3) is 33.1 Å². The minimum Gasteiger partial charge on any atom is -0.338 e. The summed E-state index contributed by atoms with van der Waals surface area (Å²) in [6, 6.07) is 22.1. The largest absolute Gasteiger partial charge is 0.417 e. The van der Waals surface area contributed by atoms with E-state index < -0.39 is 11.7 Å². The molecule has 2 aromatic heterocycles. The molecule has 0 atom stereocenters. The summed E-state index contributed by atoms with van der Waals surface area (Å²) in [5.41, 5.74) is 1.64. The molecule has 0 saturated heterocycles. The summed E-state index contributed by atoms with van der Waals surface area (Å²) >= 11 is 0. The molecule has 2 N–H and O–H groups in total. The van der Waals surface area contributed by atoms with E-state index in [0.29, 0.717) is 17.0 Å². The van der Waals surface area contributed by atoms with E-state index in [1.54, 1.807) is 18.2 Å². The molecule has 3 aromatic carbocycles. The number of pyridine rings is 1. The van der Waals surface area contributed by atoms with Crippen molar-refractivity contribution in [2.24, 2.45) is 0 Å². The minimum atomic E-state index is -4.48. The molecule has 5 aromatic rings. The van der Waals surface area contributed by atoms with Gasteiger partial charge in [0.05, 0.1) is 28.0 Å². The first-order chi connectivity index (χ1) is 14.5. The molecule has 0 aliphatic carbocycles. The molecule has 5 rings (SSSR count). The Bertz CT molecular complexity index is 1370. The number of alkyl halides is 3. The van der Waals surface area contributed by atoms with Gasteiger partial charge in [0.2, 0.25) is 0 Å². The molecule has 0 saturated carbocycles. The second-order valence-corrected chi connectivity index (χ2v) is 6.86. The van der Waals surface area contributed by atoms with Crippen LogP contribution in [-0.2, 0) is 6.18 Å². The predicted molar refractivity (Wildman–Crippen MR) is 112 cm³/mol. The Morgan fingerprint density at radius 3 is 2.33 bits per heavy atom. The number of para-hydroxylation sites is 2. The highest BCUT2D eigenvalue weighted by Gasteiger charge is 2.33. The van der Waals surface area contributed by atoms with Gasteiger partial charge in [-0.25, -0.2) is 4.98 Å². The first kappa shape index (κ1) is 18.2. The Labute approximate surface area is 169 Å². The molecule has 0 unspecified atom stereocenters. The van der Waals surface area contributed by atoms with Gasteiger partial charge in [0.25, 0.3) is 0 Å². The van der Waals surface area contributed by atoms with Crippen LogP contribution in [0.15, 0.2) is 78.9 Å². The average Bonchev–Trinajstić information content (AvgIpc) is 3.16. The topological polar surface area (TPSA) is 53.6 Å². The lowest BCUT2D eigenvalue weighted by molar-refractivity contribution is -0.137. The van der Waals surface area contributed by atoms with Crippen LogP contribution in [0.2, 0.25) is 0 Å². The van der Waals surface area contributed by atoms with Gasteiger partial charge in [-0.05, 0) is 30.3 Å². The van der Waals surface area contributed by atoms with Crippen molar-refractivity contribution in [3.8, 4) is 11.3 Å². The summed E-state index contributed by atoms with van der Waals surface area (Å²) in [4.78, 5) is 4.50. The molecule has 0 fully saturated rings. The predicted octanol–water partition coefficient (Wildman–Crippen LogP) is 6.54. The zero-order valence-electron chi connectivity index (χ0n) is 15.5. The number of nitrogens with one attached hydrogen (secondary N) is 2. The highest BCUT2D eigenvalue weighted by Crippen LogP contribution is 2.38. The number of anilines is 2. The number of halogens is 3. The molecule has 0 bridgehead atoms. The lowest BCUT2D eigenvalue weighted by Gasteiger charge is -2.15. The highest BCUT2D eigenvalue weighted by atomic mass is 19.4. The van der Waals surface area contributed by atoms with Crippen molar-refractivity contribution >= 4 is 33.3 Å². The fraction of sp³-hybridized carbons (Fsp3) is 0.0435. The molecule has 0 amide bonds. The van der Waals surface area contributed by atoms with Gasteiger partial charge in [-0.2, -0.15) is 18.3 Å². The summed E-state index contributed by atoms with van der Waals surface area (Å²) in [6.07, 6.45) is -4.48. The minimum absolute atomic E-state index is 0.0330. The van der Waals surface area contributed by atoms with Gasteiger partial charge < -0.3 is 5.32 Å². The van der Waals surface area contributed by atoms with E-state index in [9.17, 15) is 13.2 Å². The van der Waals surface area contributed by atoms with E-state index >= 15 is 0 Å². The van der Waals surface area contributed by atoms with Crippen LogP contribution < -0.4 is 5.32 Å². The maximum absolute atomic E-state index is 13.6. The molecule has 0 aliphatic rings. The number of nitrogens with zero attached hydrogens (tertiary/aromatic N) is 2. The number of hydrogen-bond donors (Lipinski definition) is 2. The van der Waals surface area contributed by atoms with Crippen LogP contribution >= 0.6 is 0 Å². The van der Waals surface area contributed by atoms with Gasteiger partial charge in [0.15, 0.2) is 5.82 Å². The Hall–Kier alpha value is -3.87. The van der Waals surface area contributed by atoms with Crippen molar-refractivity contribution in [1.82, 2.24) is 15.2 Å². The van der Waals surface area contributed by atoms with Crippen molar-refractivity contribution in [1.29, 1.82) is 0 Å². The normalized spacial score (nSPS) is 11.8. The van der Waals surface area contributed by atoms with Gasteiger partial charge >= 0.3 is 6.18 Å². The molecule has 2 heterocycles. The third-order valence-electron chi connectivity index (χ3n) is 4.95. The number of fused-ring (bicyclic) bond motifs is 2. The van der Waals surface area contributed by atoms with Crippen LogP contribution in [0.1, 0.15) is 5.56 Å². The molecule has 0 aliphatic heterocycles. The van der Waals surface area contributed by atoms with Crippen molar-refractivity contribution in [3.63, 3.8) is 0 Å². The fourth-order valence-electron chi connectivity index (χ4n) is 3.56. The van der Waals surface area contributed by atoms with Gasteiger partial charge in [-0.3, -0.25) is 5.10 Å². The lowest BCUT2D eigenvalue weighted by atomic mass is 10.0. The van der Waals surface area contributed by atoms with E-state index in [0.717, 1.165) is 22.4 Å². The van der Waals surface area contributed by atoms with Crippen molar-refractivity contribution in [2.45, 2.75) is 6.18 Å². The second-order valence-electron chi connectivity index (χ2n) is 6.86. The van der Waals surface area contributed by atoms with Crippen LogP contribution in [0.3, 0.4) is 0 Å². The van der Waals surface area contributed by atoms with E-state index in [1.165, 1.54) is 12.1 Å². The monoisotopic (exact) mass is 404 g/mol. The van der Waals surface area contributed by atoms with Gasteiger partial charge in [-0.1, -0.05) is 48.5 Å². The zero-order chi connectivity index (χ0) is 20.7. The number of aromatic amines is 1. The van der Waals surface area contributed by atoms with Crippen LogP contribution in [0, 0.1) is 0 Å². The first-order valence-electron chi connectivity index (χ1n) is 9.27. The number of aromatic nitrogens is 3. The number of hydrogen-bond acceptors (Lipinski definition) is 3. The highest BCUT2D eigenvalue weighted by molar-refractivity contribution is 5.99. The van der Waals surface area contributed by atoms with Crippen molar-refractivity contribution < 1.29 is 13.2 Å². The summed E-state index contributed by atoms with van der Waals surface area (Å²) in [7, 11) is 0. The summed E-state index contributed by atoms with van der Waals surface area (Å²) in [5.74, 6) is 0.594. The maximum Gasteiger partial charge on any atom is 0.417 e. The SMILES string of the molecule is FC(F)(F)c1ccccc1-c1cc(Nc2n[nH]c3ccccc23)c2ccccc2n1. The molecule has 148 valence electrons. The third-order valence-corrected chi connectivity index (χ3v) is 4.95. The smallest absolute Gasteiger partial charge is 0.338 e. The molecule has 7 heteroatoms. The molecule has 0 spiro atoms. The molecular weight excluding hydrogens is 389 g/mol. The summed E-state index contributed by atoms with van der Waals surface area (Å²) in [5, 5.41) is 12.2. The molecule has 4 nitrogen and oxygen atoms in total. The second kappa shape index (κ2) is 6.88. The zero-order valence-corrected chi connectivity index (χ0v) is 15.5. The molecule has 0 radical (unpaired) electrons. The Kier molecular flexibility index (Phi) is 4.17. The van der Waals surface area contributed by atoms with Crippen LogP contribution in [0.5, 0.6) is 0 Å². The van der Waals surface area contributed by atoms with E-state index in [4.69, 9.17) is 0 Å². The van der Waals surface area contributed by atoms with Gasteiger partial charge in [-0.15, -0.1) is 0 Å². The lowest BCUT2D eigenvalue weighted by Crippen LogP contribution is -2.07. The molecule has 30 heavy (non-hydrogen) atoms. The Balaban J connectivity index is 1.70. The number of benzene rings is 3. The number of rotatable bonds is 3. The van der Waals surface area contributed by atoms with E-state index in [1.807, 2.05) is 42.5 Å². The third kappa shape index (κ3) is 3.14. The van der Waals surface area contributed by atoms with E-state index in [2.05, 4.69) is 20.5 Å². The first-order valence-corrected chi connectivity index (χ1v) is 9.27. The van der Waals surface area contributed by atoms with Crippen molar-refractivity contribution in [3.05, 3.63) is 84.4 Å². The fourth-order valence-corrected chi connectivity index (χ4v) is 3.56. The van der Waals surface area contributed by atoms with Gasteiger partial charge in [0, 0.05) is 16.3 Å². The van der Waals surface area contributed by atoms with Crippen molar-refractivity contribution in [2.75, 3.05) is 5.32 Å². The average molecular weight is 404 g/mol. The quantitative estimate of drug-likeness (QED) is 0.359. The standard InChI is InChI=1S/C23H15F3N4/c24-23(25,26)17-10-4-1-7-14(17)20-13-21(15-8-2-5-11-18(15)27-20)28-22-16-9-3-6-12-19(16)29-30-22/h1-13H,(H2,27,28,29,30). The summed E-state index contributed by atoms with van der Waals surface area (Å²) in [6.45, 7) is 0. The Morgan fingerprint density at radius 2 is 1.50 bits per heavy atom. The maximum atomic E-state index is 13.6. The summed E-state index contributed by atoms with van der Waals surface area (Å²) < 4.78 is 40.7. The van der Waals surface area contributed by atoms with Crippen LogP contribution in [-0.4, -0.2) is 15.2 Å². The molecular formula is C23H15F3N4. The number of H-pyrrole nitrogens is 1.